The lowest BCUT2D eigenvalue weighted by molar-refractivity contribution is -0.140. The molecular weight excluding hydrogens is 264 g/mol. The number of aliphatic carboxylic acids is 1. The number of aromatic nitrogens is 1. The third-order valence-electron chi connectivity index (χ3n) is 2.41. The van der Waals surface area contributed by atoms with Crippen LogP contribution in [0.3, 0.4) is 0 Å². The first-order valence-electron chi connectivity index (χ1n) is 6.30. The van der Waals surface area contributed by atoms with Gasteiger partial charge in [-0.15, -0.1) is 0 Å². The Morgan fingerprint density at radius 1 is 1.50 bits per heavy atom. The minimum atomic E-state index is -1.11. The number of carbonyl (C=O) groups is 2. The standard InChI is InChI=1S/C13H20N2O5/c1-8-7-10(15-20-8)11(16)14-9(12(17)18)5-6-19-13(2,3)4/h7,9H,5-6H2,1-4H3,(H,14,16)(H,17,18). The van der Waals surface area contributed by atoms with Crippen molar-refractivity contribution in [1.29, 1.82) is 0 Å². The Labute approximate surface area is 117 Å². The van der Waals surface area contributed by atoms with Crippen LogP contribution in [0.5, 0.6) is 0 Å². The van der Waals surface area contributed by atoms with Crippen LogP contribution in [-0.4, -0.2) is 40.4 Å². The molecule has 1 aromatic rings. The Bertz CT molecular complexity index is 475. The predicted molar refractivity (Wildman–Crippen MR) is 70.5 cm³/mol. The second kappa shape index (κ2) is 6.51. The number of rotatable bonds is 6. The van der Waals surface area contributed by atoms with Gasteiger partial charge in [0.1, 0.15) is 11.8 Å². The van der Waals surface area contributed by atoms with Gasteiger partial charge in [-0.1, -0.05) is 5.16 Å². The van der Waals surface area contributed by atoms with E-state index in [2.05, 4.69) is 10.5 Å². The van der Waals surface area contributed by atoms with Crippen LogP contribution in [0.25, 0.3) is 0 Å². The van der Waals surface area contributed by atoms with Gasteiger partial charge in [0.25, 0.3) is 5.91 Å². The first-order chi connectivity index (χ1) is 9.19. The minimum Gasteiger partial charge on any atom is -0.480 e. The molecule has 0 saturated carbocycles. The highest BCUT2D eigenvalue weighted by molar-refractivity contribution is 5.94. The van der Waals surface area contributed by atoms with Gasteiger partial charge in [-0.05, 0) is 27.7 Å². The molecule has 112 valence electrons. The van der Waals surface area contributed by atoms with Gasteiger partial charge in [0.15, 0.2) is 5.69 Å². The molecule has 20 heavy (non-hydrogen) atoms. The summed E-state index contributed by atoms with van der Waals surface area (Å²) in [7, 11) is 0. The topological polar surface area (TPSA) is 102 Å². The summed E-state index contributed by atoms with van der Waals surface area (Å²) in [5.74, 6) is -1.21. The van der Waals surface area contributed by atoms with Gasteiger partial charge in [-0.2, -0.15) is 0 Å². The van der Waals surface area contributed by atoms with Gasteiger partial charge in [0.2, 0.25) is 0 Å². The molecule has 0 fully saturated rings. The number of hydrogen-bond acceptors (Lipinski definition) is 5. The molecule has 0 radical (unpaired) electrons. The van der Waals surface area contributed by atoms with Crippen molar-refractivity contribution in [2.75, 3.05) is 6.61 Å². The van der Waals surface area contributed by atoms with Crippen molar-refractivity contribution >= 4 is 11.9 Å². The number of ether oxygens (including phenoxy) is 1. The number of nitrogens with one attached hydrogen (secondary N) is 1. The van der Waals surface area contributed by atoms with Crippen molar-refractivity contribution in [1.82, 2.24) is 10.5 Å². The van der Waals surface area contributed by atoms with Gasteiger partial charge in [0.05, 0.1) is 5.60 Å². The maximum atomic E-state index is 11.8. The summed E-state index contributed by atoms with van der Waals surface area (Å²) in [4.78, 5) is 22.9. The van der Waals surface area contributed by atoms with Gasteiger partial charge in [-0.3, -0.25) is 4.79 Å². The van der Waals surface area contributed by atoms with Gasteiger partial charge in [-0.25, -0.2) is 4.79 Å². The number of amides is 1. The Morgan fingerprint density at radius 2 is 2.15 bits per heavy atom. The average Bonchev–Trinajstić information content (AvgIpc) is 2.72. The number of carbonyl (C=O) groups excluding carboxylic acids is 1. The van der Waals surface area contributed by atoms with Crippen molar-refractivity contribution in [3.63, 3.8) is 0 Å². The van der Waals surface area contributed by atoms with Crippen LogP contribution < -0.4 is 5.32 Å². The molecule has 1 rings (SSSR count). The lowest BCUT2D eigenvalue weighted by atomic mass is 10.1. The minimum absolute atomic E-state index is 0.0606. The van der Waals surface area contributed by atoms with Crippen LogP contribution in [0.15, 0.2) is 10.6 Å². The number of hydrogen-bond donors (Lipinski definition) is 2. The van der Waals surface area contributed by atoms with Gasteiger partial charge >= 0.3 is 5.97 Å². The quantitative estimate of drug-likeness (QED) is 0.818. The maximum Gasteiger partial charge on any atom is 0.326 e. The van der Waals surface area contributed by atoms with E-state index >= 15 is 0 Å². The number of nitrogens with zero attached hydrogens (tertiary/aromatic N) is 1. The molecule has 1 unspecified atom stereocenters. The fourth-order valence-electron chi connectivity index (χ4n) is 1.45. The van der Waals surface area contributed by atoms with Crippen molar-refractivity contribution in [2.45, 2.75) is 45.8 Å². The maximum absolute atomic E-state index is 11.8. The molecule has 0 spiro atoms. The fraction of sp³-hybridized carbons (Fsp3) is 0.615. The van der Waals surface area contributed by atoms with Crippen LogP contribution in [-0.2, 0) is 9.53 Å². The largest absolute Gasteiger partial charge is 0.480 e. The summed E-state index contributed by atoms with van der Waals surface area (Å²) in [6.07, 6.45) is 0.176. The molecule has 0 aliphatic carbocycles. The SMILES string of the molecule is Cc1cc(C(=O)NC(CCOC(C)(C)C)C(=O)O)no1. The molecule has 1 heterocycles. The third-order valence-corrected chi connectivity index (χ3v) is 2.41. The zero-order valence-corrected chi connectivity index (χ0v) is 12.1. The van der Waals surface area contributed by atoms with E-state index in [9.17, 15) is 9.59 Å². The first-order valence-corrected chi connectivity index (χ1v) is 6.30. The molecule has 0 aliphatic rings. The summed E-state index contributed by atoms with van der Waals surface area (Å²) in [6, 6.07) is 0.418. The molecule has 0 bridgehead atoms. The van der Waals surface area contributed by atoms with E-state index in [1.807, 2.05) is 20.8 Å². The van der Waals surface area contributed by atoms with Gasteiger partial charge < -0.3 is 19.7 Å². The molecule has 0 aromatic carbocycles. The summed E-state index contributed by atoms with van der Waals surface area (Å²) >= 11 is 0. The highest BCUT2D eigenvalue weighted by atomic mass is 16.5. The molecule has 0 saturated heterocycles. The first kappa shape index (κ1) is 16.2. The Hall–Kier alpha value is -1.89. The van der Waals surface area contributed by atoms with Gasteiger partial charge in [0, 0.05) is 19.1 Å². The number of carboxylic acids is 1. The Kier molecular flexibility index (Phi) is 5.26. The highest BCUT2D eigenvalue weighted by Gasteiger charge is 2.23. The molecule has 1 atom stereocenters. The predicted octanol–water partition coefficient (Wildman–Crippen LogP) is 1.37. The van der Waals surface area contributed by atoms with Crippen molar-refractivity contribution in [3.8, 4) is 0 Å². The molecule has 1 amide bonds. The van der Waals surface area contributed by atoms with Crippen LogP contribution in [0.1, 0.15) is 43.4 Å². The number of aryl methyl sites for hydroxylation is 1. The molecule has 2 N–H and O–H groups in total. The Morgan fingerprint density at radius 3 is 2.60 bits per heavy atom. The zero-order valence-electron chi connectivity index (χ0n) is 12.1. The van der Waals surface area contributed by atoms with Crippen LogP contribution >= 0.6 is 0 Å². The molecular formula is C13H20N2O5. The van der Waals surface area contributed by atoms with E-state index in [0.29, 0.717) is 5.76 Å². The highest BCUT2D eigenvalue weighted by Crippen LogP contribution is 2.08. The van der Waals surface area contributed by atoms with Crippen LogP contribution in [0.4, 0.5) is 0 Å². The van der Waals surface area contributed by atoms with Crippen LogP contribution in [0.2, 0.25) is 0 Å². The lowest BCUT2D eigenvalue weighted by Crippen LogP contribution is -2.42. The second-order valence-electron chi connectivity index (χ2n) is 5.44. The normalized spacial score (nSPS) is 13.0. The van der Waals surface area contributed by atoms with Crippen molar-refractivity contribution < 1.29 is 24.0 Å². The van der Waals surface area contributed by atoms with E-state index in [-0.39, 0.29) is 24.3 Å². The van der Waals surface area contributed by atoms with E-state index in [1.165, 1.54) is 6.07 Å². The fourth-order valence-corrected chi connectivity index (χ4v) is 1.45. The van der Waals surface area contributed by atoms with Crippen molar-refractivity contribution in [2.24, 2.45) is 0 Å². The van der Waals surface area contributed by atoms with E-state index in [4.69, 9.17) is 14.4 Å². The summed E-state index contributed by atoms with van der Waals surface area (Å²) in [5.41, 5.74) is -0.290. The lowest BCUT2D eigenvalue weighted by Gasteiger charge is -2.21. The second-order valence-corrected chi connectivity index (χ2v) is 5.44. The monoisotopic (exact) mass is 284 g/mol. The van der Waals surface area contributed by atoms with Crippen molar-refractivity contribution in [3.05, 3.63) is 17.5 Å². The Balaban J connectivity index is 2.55. The summed E-state index contributed by atoms with van der Waals surface area (Å²) in [5, 5.41) is 15.0. The average molecular weight is 284 g/mol. The summed E-state index contributed by atoms with van der Waals surface area (Å²) < 4.78 is 10.2. The van der Waals surface area contributed by atoms with E-state index < -0.39 is 17.9 Å². The number of carboxylic acid groups (broad SMARTS) is 1. The molecule has 7 nitrogen and oxygen atoms in total. The molecule has 1 aromatic heterocycles. The van der Waals surface area contributed by atoms with E-state index in [0.717, 1.165) is 0 Å². The van der Waals surface area contributed by atoms with Crippen LogP contribution in [0, 0.1) is 6.92 Å². The molecule has 0 aliphatic heterocycles. The van der Waals surface area contributed by atoms with E-state index in [1.54, 1.807) is 6.92 Å². The summed E-state index contributed by atoms with van der Waals surface area (Å²) in [6.45, 7) is 7.51. The molecule has 7 heteroatoms. The zero-order chi connectivity index (χ0) is 15.3. The smallest absolute Gasteiger partial charge is 0.326 e. The third kappa shape index (κ3) is 5.40.